The molecule has 0 bridgehead atoms. The van der Waals surface area contributed by atoms with Gasteiger partial charge in [-0.1, -0.05) is 67.0 Å². The zero-order valence-electron chi connectivity index (χ0n) is 15.1. The summed E-state index contributed by atoms with van der Waals surface area (Å²) in [5, 5.41) is 3.46. The van der Waals surface area contributed by atoms with Crippen LogP contribution in [0.25, 0.3) is 6.08 Å². The number of carbonyl (C=O) groups is 2. The Morgan fingerprint density at radius 2 is 1.93 bits per heavy atom. The van der Waals surface area contributed by atoms with Gasteiger partial charge in [-0.3, -0.25) is 14.5 Å². The normalized spacial score (nSPS) is 15.0. The number of nitrogens with one attached hydrogen (secondary N) is 1. The van der Waals surface area contributed by atoms with E-state index in [-0.39, 0.29) is 18.4 Å². The van der Waals surface area contributed by atoms with Gasteiger partial charge >= 0.3 is 0 Å². The molecule has 0 aromatic heterocycles. The third kappa shape index (κ3) is 4.73. The van der Waals surface area contributed by atoms with Gasteiger partial charge in [0.15, 0.2) is 0 Å². The van der Waals surface area contributed by atoms with Crippen molar-refractivity contribution in [2.75, 3.05) is 18.0 Å². The molecule has 1 aliphatic heterocycles. The molecule has 2 aromatic rings. The minimum atomic E-state index is -0.190. The molecule has 3 rings (SSSR count). The maximum absolute atomic E-state index is 13.1. The summed E-state index contributed by atoms with van der Waals surface area (Å²) in [6, 6.07) is 15.0. The van der Waals surface area contributed by atoms with Gasteiger partial charge < -0.3 is 5.32 Å². The highest BCUT2D eigenvalue weighted by Crippen LogP contribution is 2.42. The van der Waals surface area contributed by atoms with Crippen LogP contribution in [-0.4, -0.2) is 24.9 Å². The maximum atomic E-state index is 13.1. The molecule has 2 amide bonds. The second-order valence-corrected chi connectivity index (χ2v) is 7.69. The number of thioether (sulfide) groups is 1. The van der Waals surface area contributed by atoms with Crippen molar-refractivity contribution in [2.24, 2.45) is 0 Å². The van der Waals surface area contributed by atoms with Gasteiger partial charge in [-0.05, 0) is 36.3 Å². The summed E-state index contributed by atoms with van der Waals surface area (Å²) in [7, 11) is 0. The molecule has 27 heavy (non-hydrogen) atoms. The third-order valence-corrected chi connectivity index (χ3v) is 5.60. The van der Waals surface area contributed by atoms with E-state index in [0.29, 0.717) is 16.5 Å². The summed E-state index contributed by atoms with van der Waals surface area (Å²) in [6.07, 6.45) is 3.71. The average Bonchev–Trinajstić information content (AvgIpc) is 2.67. The van der Waals surface area contributed by atoms with Crippen LogP contribution in [-0.2, 0) is 9.59 Å². The lowest BCUT2D eigenvalue weighted by Crippen LogP contribution is -2.42. The number of halogens is 1. The van der Waals surface area contributed by atoms with Gasteiger partial charge in [0.25, 0.3) is 5.91 Å². The number of carbonyl (C=O) groups excluding carboxylic acids is 2. The lowest BCUT2D eigenvalue weighted by molar-refractivity contribution is -0.122. The number of hydrogen-bond acceptors (Lipinski definition) is 3. The summed E-state index contributed by atoms with van der Waals surface area (Å²) in [6.45, 7) is 2.69. The highest BCUT2D eigenvalue weighted by Gasteiger charge is 2.30. The maximum Gasteiger partial charge on any atom is 0.265 e. The first kappa shape index (κ1) is 19.5. The lowest BCUT2D eigenvalue weighted by Gasteiger charge is -2.29. The predicted octanol–water partition coefficient (Wildman–Crippen LogP) is 4.74. The van der Waals surface area contributed by atoms with Gasteiger partial charge in [0.05, 0.1) is 10.6 Å². The molecule has 1 heterocycles. The molecule has 0 saturated heterocycles. The van der Waals surface area contributed by atoms with E-state index in [4.69, 9.17) is 11.6 Å². The molecular formula is C21H21ClN2O2S. The number of benzene rings is 2. The molecule has 4 nitrogen and oxygen atoms in total. The van der Waals surface area contributed by atoms with Gasteiger partial charge in [-0.25, -0.2) is 0 Å². The SMILES string of the molecule is CCCCNC(=O)CN1C(=O)C(=Cc2ccccc2Cl)Sc2ccccc21. The lowest BCUT2D eigenvalue weighted by atomic mass is 10.2. The van der Waals surface area contributed by atoms with Gasteiger partial charge in [0, 0.05) is 16.5 Å². The first-order valence-corrected chi connectivity index (χ1v) is 10.1. The summed E-state index contributed by atoms with van der Waals surface area (Å²) < 4.78 is 0. The zero-order valence-corrected chi connectivity index (χ0v) is 16.6. The summed E-state index contributed by atoms with van der Waals surface area (Å²) in [4.78, 5) is 28.4. The Kier molecular flexibility index (Phi) is 6.58. The van der Waals surface area contributed by atoms with Crippen molar-refractivity contribution in [3.63, 3.8) is 0 Å². The van der Waals surface area contributed by atoms with Crippen molar-refractivity contribution >= 4 is 46.9 Å². The molecule has 0 atom stereocenters. The van der Waals surface area contributed by atoms with E-state index in [9.17, 15) is 9.59 Å². The van der Waals surface area contributed by atoms with Crippen LogP contribution in [0.2, 0.25) is 5.02 Å². The topological polar surface area (TPSA) is 49.4 Å². The van der Waals surface area contributed by atoms with Crippen molar-refractivity contribution in [2.45, 2.75) is 24.7 Å². The largest absolute Gasteiger partial charge is 0.355 e. The van der Waals surface area contributed by atoms with E-state index < -0.39 is 0 Å². The van der Waals surface area contributed by atoms with Crippen molar-refractivity contribution < 1.29 is 9.59 Å². The van der Waals surface area contributed by atoms with E-state index in [2.05, 4.69) is 12.2 Å². The van der Waals surface area contributed by atoms with E-state index in [1.807, 2.05) is 42.5 Å². The number of amides is 2. The van der Waals surface area contributed by atoms with Crippen LogP contribution in [0.15, 0.2) is 58.3 Å². The molecule has 0 fully saturated rings. The van der Waals surface area contributed by atoms with Crippen LogP contribution in [0, 0.1) is 0 Å². The minimum absolute atomic E-state index is 0.0000171. The number of para-hydroxylation sites is 1. The monoisotopic (exact) mass is 400 g/mol. The van der Waals surface area contributed by atoms with Gasteiger partial charge in [-0.15, -0.1) is 0 Å². The van der Waals surface area contributed by atoms with E-state index in [1.165, 1.54) is 16.7 Å². The van der Waals surface area contributed by atoms with Crippen LogP contribution in [0.5, 0.6) is 0 Å². The molecule has 1 N–H and O–H groups in total. The number of nitrogens with zero attached hydrogens (tertiary/aromatic N) is 1. The van der Waals surface area contributed by atoms with E-state index in [1.54, 1.807) is 12.1 Å². The van der Waals surface area contributed by atoms with Crippen molar-refractivity contribution in [1.82, 2.24) is 5.32 Å². The highest BCUT2D eigenvalue weighted by atomic mass is 35.5. The van der Waals surface area contributed by atoms with Gasteiger partial charge in [0.2, 0.25) is 5.91 Å². The third-order valence-electron chi connectivity index (χ3n) is 4.18. The summed E-state index contributed by atoms with van der Waals surface area (Å²) in [5.74, 6) is -0.347. The van der Waals surface area contributed by atoms with Crippen LogP contribution in [0.3, 0.4) is 0 Å². The Hall–Kier alpha value is -2.24. The summed E-state index contributed by atoms with van der Waals surface area (Å²) >= 11 is 7.64. The van der Waals surface area contributed by atoms with Crippen molar-refractivity contribution in [1.29, 1.82) is 0 Å². The number of anilines is 1. The number of rotatable bonds is 6. The fraction of sp³-hybridized carbons (Fsp3) is 0.238. The Bertz CT molecular complexity index is 882. The van der Waals surface area contributed by atoms with Crippen molar-refractivity contribution in [3.8, 4) is 0 Å². The number of unbranched alkanes of at least 4 members (excludes halogenated alkanes) is 1. The Morgan fingerprint density at radius 3 is 2.70 bits per heavy atom. The molecule has 0 aliphatic carbocycles. The second-order valence-electron chi connectivity index (χ2n) is 6.19. The first-order chi connectivity index (χ1) is 13.1. The van der Waals surface area contributed by atoms with Crippen LogP contribution < -0.4 is 10.2 Å². The molecule has 6 heteroatoms. The molecule has 0 spiro atoms. The second kappa shape index (κ2) is 9.11. The number of fused-ring (bicyclic) bond motifs is 1. The van der Waals surface area contributed by atoms with Gasteiger partial charge in [-0.2, -0.15) is 0 Å². The van der Waals surface area contributed by atoms with Crippen LogP contribution in [0.1, 0.15) is 25.3 Å². The molecular weight excluding hydrogens is 380 g/mol. The minimum Gasteiger partial charge on any atom is -0.355 e. The van der Waals surface area contributed by atoms with Gasteiger partial charge in [0.1, 0.15) is 6.54 Å². The Balaban J connectivity index is 1.89. The van der Waals surface area contributed by atoms with Crippen LogP contribution in [0.4, 0.5) is 5.69 Å². The molecule has 0 radical (unpaired) electrons. The Morgan fingerprint density at radius 1 is 1.19 bits per heavy atom. The fourth-order valence-corrected chi connectivity index (χ4v) is 4.00. The molecule has 140 valence electrons. The predicted molar refractivity (Wildman–Crippen MR) is 112 cm³/mol. The molecule has 0 unspecified atom stereocenters. The van der Waals surface area contributed by atoms with E-state index >= 15 is 0 Å². The smallest absolute Gasteiger partial charge is 0.265 e. The quantitative estimate of drug-likeness (QED) is 0.563. The standard InChI is InChI=1S/C21H21ClN2O2S/c1-2-3-12-23-20(25)14-24-17-10-6-7-11-18(17)27-19(21(24)26)13-15-8-4-5-9-16(15)22/h4-11,13H,2-3,12,14H2,1H3,(H,23,25). The Labute approximate surface area is 168 Å². The molecule has 2 aromatic carbocycles. The van der Waals surface area contributed by atoms with Crippen LogP contribution >= 0.6 is 23.4 Å². The van der Waals surface area contributed by atoms with E-state index in [0.717, 1.165) is 29.0 Å². The molecule has 0 saturated carbocycles. The highest BCUT2D eigenvalue weighted by molar-refractivity contribution is 8.04. The zero-order chi connectivity index (χ0) is 19.2. The first-order valence-electron chi connectivity index (χ1n) is 8.92. The number of hydrogen-bond donors (Lipinski definition) is 1. The average molecular weight is 401 g/mol. The fourth-order valence-electron chi connectivity index (χ4n) is 2.76. The molecule has 1 aliphatic rings. The van der Waals surface area contributed by atoms with Crippen molar-refractivity contribution in [3.05, 3.63) is 64.0 Å². The summed E-state index contributed by atoms with van der Waals surface area (Å²) in [5.41, 5.74) is 1.54.